The van der Waals surface area contributed by atoms with Crippen molar-refractivity contribution in [3.63, 3.8) is 0 Å². The number of hydrogen-bond donors (Lipinski definition) is 0. The van der Waals surface area contributed by atoms with Gasteiger partial charge in [0.1, 0.15) is 10.9 Å². The number of aryl methyl sites for hydroxylation is 1. The average molecular weight is 369 g/mol. The molecule has 1 aliphatic heterocycles. The minimum absolute atomic E-state index is 0.0367. The zero-order chi connectivity index (χ0) is 17.9. The Labute approximate surface area is 155 Å². The Balaban J connectivity index is 1.58. The third-order valence-corrected chi connectivity index (χ3v) is 5.27. The Morgan fingerprint density at radius 1 is 1.35 bits per heavy atom. The minimum atomic E-state index is -0.191. The molecule has 1 aromatic carbocycles. The molecular weight excluding hydrogens is 350 g/mol. The first-order chi connectivity index (χ1) is 12.8. The van der Waals surface area contributed by atoms with Gasteiger partial charge in [0.25, 0.3) is 5.91 Å². The summed E-state index contributed by atoms with van der Waals surface area (Å²) in [5.74, 6) is 1.00. The quantitative estimate of drug-likeness (QED) is 0.684. The van der Waals surface area contributed by atoms with Crippen LogP contribution in [0.5, 0.6) is 0 Å². The van der Waals surface area contributed by atoms with E-state index in [1.807, 2.05) is 35.2 Å². The fourth-order valence-corrected chi connectivity index (χ4v) is 3.91. The van der Waals surface area contributed by atoms with Crippen LogP contribution in [-0.4, -0.2) is 37.1 Å². The summed E-state index contributed by atoms with van der Waals surface area (Å²) in [5.41, 5.74) is 1.68. The molecule has 0 aliphatic carbocycles. The van der Waals surface area contributed by atoms with Gasteiger partial charge in [0.2, 0.25) is 11.7 Å². The fourth-order valence-electron chi connectivity index (χ4n) is 3.24. The first kappa shape index (κ1) is 16.8. The van der Waals surface area contributed by atoms with Crippen molar-refractivity contribution in [2.45, 2.75) is 38.6 Å². The monoisotopic (exact) mass is 369 g/mol. The summed E-state index contributed by atoms with van der Waals surface area (Å²) in [6, 6.07) is 9.49. The van der Waals surface area contributed by atoms with E-state index in [9.17, 15) is 4.79 Å². The molecule has 1 amide bonds. The number of likely N-dealkylation sites (tertiary alicyclic amines) is 1. The van der Waals surface area contributed by atoms with Gasteiger partial charge < -0.3 is 9.42 Å². The number of hydrogen-bond acceptors (Lipinski definition) is 7. The summed E-state index contributed by atoms with van der Waals surface area (Å²) in [6.07, 6.45) is 3.42. The van der Waals surface area contributed by atoms with Crippen molar-refractivity contribution in [3.05, 3.63) is 46.8 Å². The number of carbonyl (C=O) groups excluding carboxylic acids is 1. The van der Waals surface area contributed by atoms with Gasteiger partial charge >= 0.3 is 0 Å². The Kier molecular flexibility index (Phi) is 4.75. The second kappa shape index (κ2) is 7.33. The van der Waals surface area contributed by atoms with Crippen LogP contribution in [0.15, 0.2) is 34.9 Å². The van der Waals surface area contributed by atoms with E-state index in [-0.39, 0.29) is 11.9 Å². The average Bonchev–Trinajstić information content (AvgIpc) is 3.42. The molecule has 8 heteroatoms. The van der Waals surface area contributed by atoms with Gasteiger partial charge in [0.05, 0.1) is 5.69 Å². The molecule has 0 bridgehead atoms. The van der Waals surface area contributed by atoms with Crippen LogP contribution in [0.1, 0.15) is 53.5 Å². The van der Waals surface area contributed by atoms with E-state index in [0.717, 1.165) is 48.5 Å². The smallest absolute Gasteiger partial charge is 0.268 e. The summed E-state index contributed by atoms with van der Waals surface area (Å²) >= 11 is 1.16. The van der Waals surface area contributed by atoms with Crippen LogP contribution < -0.4 is 0 Å². The van der Waals surface area contributed by atoms with Crippen molar-refractivity contribution in [1.82, 2.24) is 24.6 Å². The number of rotatable bonds is 5. The normalized spacial score (nSPS) is 17.0. The van der Waals surface area contributed by atoms with Crippen LogP contribution >= 0.6 is 11.5 Å². The second-order valence-corrected chi connectivity index (χ2v) is 7.03. The molecule has 26 heavy (non-hydrogen) atoms. The molecule has 1 atom stereocenters. The van der Waals surface area contributed by atoms with Crippen molar-refractivity contribution < 1.29 is 9.32 Å². The van der Waals surface area contributed by atoms with Gasteiger partial charge in [-0.2, -0.15) is 4.98 Å². The Hall–Kier alpha value is -2.61. The van der Waals surface area contributed by atoms with Crippen molar-refractivity contribution in [1.29, 1.82) is 0 Å². The van der Waals surface area contributed by atoms with Crippen LogP contribution in [0, 0.1) is 0 Å². The molecule has 134 valence electrons. The molecule has 1 aliphatic rings. The molecular formula is C18H19N5O2S. The maximum atomic E-state index is 13.0. The van der Waals surface area contributed by atoms with Crippen LogP contribution in [0.2, 0.25) is 0 Å². The number of aromatic nitrogens is 4. The lowest BCUT2D eigenvalue weighted by atomic mass is 10.2. The molecule has 0 spiro atoms. The standard InChI is InChI=1S/C18H19N5O2S/c1-2-7-13-15(26-22-20-13)18(24)23-11-6-10-14(23)17-19-16(21-25-17)12-8-4-3-5-9-12/h3-5,8-9,14H,2,6-7,10-11H2,1H3. The van der Waals surface area contributed by atoms with Crippen LogP contribution in [0.4, 0.5) is 0 Å². The lowest BCUT2D eigenvalue weighted by Crippen LogP contribution is -2.30. The van der Waals surface area contributed by atoms with E-state index in [0.29, 0.717) is 23.1 Å². The van der Waals surface area contributed by atoms with E-state index in [4.69, 9.17) is 4.52 Å². The molecule has 1 unspecified atom stereocenters. The third-order valence-electron chi connectivity index (χ3n) is 4.51. The predicted octanol–water partition coefficient (Wildman–Crippen LogP) is 3.52. The first-order valence-electron chi connectivity index (χ1n) is 8.79. The Morgan fingerprint density at radius 3 is 3.00 bits per heavy atom. The molecule has 3 aromatic rings. The summed E-state index contributed by atoms with van der Waals surface area (Å²) in [5, 5.41) is 8.20. The first-order valence-corrected chi connectivity index (χ1v) is 9.56. The molecule has 1 fully saturated rings. The number of amides is 1. The van der Waals surface area contributed by atoms with E-state index < -0.39 is 0 Å². The summed E-state index contributed by atoms with van der Waals surface area (Å²) in [7, 11) is 0. The zero-order valence-corrected chi connectivity index (χ0v) is 15.3. The van der Waals surface area contributed by atoms with E-state index in [2.05, 4.69) is 26.7 Å². The van der Waals surface area contributed by atoms with Gasteiger partial charge in [-0.3, -0.25) is 4.79 Å². The Morgan fingerprint density at radius 2 is 2.19 bits per heavy atom. The van der Waals surface area contributed by atoms with Gasteiger partial charge in [0, 0.05) is 12.1 Å². The predicted molar refractivity (Wildman–Crippen MR) is 96.6 cm³/mol. The highest BCUT2D eigenvalue weighted by molar-refractivity contribution is 7.08. The lowest BCUT2D eigenvalue weighted by Gasteiger charge is -2.21. The fraction of sp³-hybridized carbons (Fsp3) is 0.389. The second-order valence-electron chi connectivity index (χ2n) is 6.28. The van der Waals surface area contributed by atoms with Gasteiger partial charge in [0.15, 0.2) is 0 Å². The summed E-state index contributed by atoms with van der Waals surface area (Å²) < 4.78 is 9.46. The molecule has 3 heterocycles. The number of carbonyl (C=O) groups is 1. The van der Waals surface area contributed by atoms with Crippen LogP contribution in [0.25, 0.3) is 11.4 Å². The summed E-state index contributed by atoms with van der Waals surface area (Å²) in [4.78, 5) is 20.0. The van der Waals surface area contributed by atoms with Crippen molar-refractivity contribution in [2.75, 3.05) is 6.54 Å². The van der Waals surface area contributed by atoms with Gasteiger partial charge in [-0.1, -0.05) is 53.3 Å². The highest BCUT2D eigenvalue weighted by atomic mass is 32.1. The molecule has 0 radical (unpaired) electrons. The molecule has 0 saturated carbocycles. The van der Waals surface area contributed by atoms with Crippen molar-refractivity contribution in [3.8, 4) is 11.4 Å². The van der Waals surface area contributed by atoms with E-state index in [1.165, 1.54) is 0 Å². The molecule has 7 nitrogen and oxygen atoms in total. The van der Waals surface area contributed by atoms with Crippen molar-refractivity contribution >= 4 is 17.4 Å². The zero-order valence-electron chi connectivity index (χ0n) is 14.5. The number of nitrogens with zero attached hydrogens (tertiary/aromatic N) is 5. The molecule has 2 aromatic heterocycles. The van der Waals surface area contributed by atoms with E-state index >= 15 is 0 Å². The topological polar surface area (TPSA) is 85.0 Å². The number of benzene rings is 1. The lowest BCUT2D eigenvalue weighted by molar-refractivity contribution is 0.0713. The third kappa shape index (κ3) is 3.12. The molecule has 4 rings (SSSR count). The van der Waals surface area contributed by atoms with Gasteiger partial charge in [-0.25, -0.2) is 0 Å². The van der Waals surface area contributed by atoms with E-state index in [1.54, 1.807) is 0 Å². The SMILES string of the molecule is CCCc1nnsc1C(=O)N1CCCC1c1nc(-c2ccccc2)no1. The minimum Gasteiger partial charge on any atom is -0.337 e. The highest BCUT2D eigenvalue weighted by Crippen LogP contribution is 2.34. The maximum absolute atomic E-state index is 13.0. The Bertz CT molecular complexity index is 892. The van der Waals surface area contributed by atoms with Gasteiger partial charge in [-0.15, -0.1) is 5.10 Å². The summed E-state index contributed by atoms with van der Waals surface area (Å²) in [6.45, 7) is 2.74. The molecule has 1 saturated heterocycles. The van der Waals surface area contributed by atoms with Crippen molar-refractivity contribution in [2.24, 2.45) is 0 Å². The molecule has 0 N–H and O–H groups in total. The largest absolute Gasteiger partial charge is 0.337 e. The van der Waals surface area contributed by atoms with Gasteiger partial charge in [-0.05, 0) is 30.8 Å². The highest BCUT2D eigenvalue weighted by Gasteiger charge is 2.36. The van der Waals surface area contributed by atoms with Crippen LogP contribution in [-0.2, 0) is 6.42 Å². The maximum Gasteiger partial charge on any atom is 0.268 e. The van der Waals surface area contributed by atoms with Crippen LogP contribution in [0.3, 0.4) is 0 Å².